The lowest BCUT2D eigenvalue weighted by molar-refractivity contribution is -0.0503. The highest BCUT2D eigenvalue weighted by Crippen LogP contribution is 2.59. The first-order valence-corrected chi connectivity index (χ1v) is 12.6. The maximum absolute atomic E-state index is 13.0. The normalized spacial score (nSPS) is 30.7. The van der Waals surface area contributed by atoms with Crippen LogP contribution in [-0.2, 0) is 10.0 Å². The third kappa shape index (κ3) is 3.86. The summed E-state index contributed by atoms with van der Waals surface area (Å²) in [5.41, 5.74) is 1.55. The van der Waals surface area contributed by atoms with Crippen molar-refractivity contribution in [2.75, 3.05) is 19.6 Å². The van der Waals surface area contributed by atoms with Gasteiger partial charge in [0.25, 0.3) is 5.91 Å². The number of sulfonamides is 1. The zero-order valence-corrected chi connectivity index (χ0v) is 18.7. The van der Waals surface area contributed by atoms with E-state index in [-0.39, 0.29) is 16.2 Å². The molecule has 160 valence electrons. The third-order valence-corrected chi connectivity index (χ3v) is 9.63. The lowest BCUT2D eigenvalue weighted by atomic mass is 9.49. The van der Waals surface area contributed by atoms with E-state index < -0.39 is 10.0 Å². The highest BCUT2D eigenvalue weighted by molar-refractivity contribution is 7.89. The molecule has 1 amide bonds. The van der Waals surface area contributed by atoms with Crippen molar-refractivity contribution >= 4 is 15.9 Å². The first-order chi connectivity index (χ1) is 13.8. The van der Waals surface area contributed by atoms with Crippen LogP contribution in [0.3, 0.4) is 0 Å². The first kappa shape index (κ1) is 20.9. The minimum absolute atomic E-state index is 0.144. The van der Waals surface area contributed by atoms with E-state index in [0.717, 1.165) is 29.9 Å². The van der Waals surface area contributed by atoms with Crippen molar-refractivity contribution in [1.29, 1.82) is 0 Å². The van der Waals surface area contributed by atoms with Gasteiger partial charge in [-0.2, -0.15) is 4.31 Å². The van der Waals surface area contributed by atoms with E-state index in [4.69, 9.17) is 0 Å². The fourth-order valence-electron chi connectivity index (χ4n) is 6.59. The predicted molar refractivity (Wildman–Crippen MR) is 114 cm³/mol. The maximum Gasteiger partial charge on any atom is 0.251 e. The van der Waals surface area contributed by atoms with Crippen LogP contribution >= 0.6 is 0 Å². The number of benzene rings is 1. The SMILES string of the molecule is CCN(CC)S(=O)(=O)c1ccc(C)c(C(=O)NCC23CC4CC(CC(C4)C2)C3)c1. The number of aryl methyl sites for hydroxylation is 1. The zero-order chi connectivity index (χ0) is 20.8. The van der Waals surface area contributed by atoms with Gasteiger partial charge in [-0.3, -0.25) is 4.79 Å². The summed E-state index contributed by atoms with van der Waals surface area (Å²) in [6.07, 6.45) is 7.89. The Bertz CT molecular complexity index is 854. The van der Waals surface area contributed by atoms with Gasteiger partial charge in [0, 0.05) is 25.2 Å². The van der Waals surface area contributed by atoms with Crippen molar-refractivity contribution in [2.24, 2.45) is 23.2 Å². The Balaban J connectivity index is 1.50. The number of nitrogens with zero attached hydrogens (tertiary/aromatic N) is 1. The van der Waals surface area contributed by atoms with Crippen LogP contribution in [0.5, 0.6) is 0 Å². The number of nitrogens with one attached hydrogen (secondary N) is 1. The van der Waals surface area contributed by atoms with Gasteiger partial charge >= 0.3 is 0 Å². The Morgan fingerprint density at radius 1 is 1.07 bits per heavy atom. The van der Waals surface area contributed by atoms with Crippen LogP contribution < -0.4 is 5.32 Å². The van der Waals surface area contributed by atoms with E-state index in [1.807, 2.05) is 20.8 Å². The van der Waals surface area contributed by atoms with Gasteiger partial charge in [-0.1, -0.05) is 19.9 Å². The number of carbonyl (C=O) groups is 1. The summed E-state index contributed by atoms with van der Waals surface area (Å²) in [5.74, 6) is 2.40. The summed E-state index contributed by atoms with van der Waals surface area (Å²) >= 11 is 0. The fraction of sp³-hybridized carbons (Fsp3) is 0.696. The average molecular weight is 419 g/mol. The Kier molecular flexibility index (Phi) is 5.53. The number of rotatable bonds is 7. The van der Waals surface area contributed by atoms with E-state index >= 15 is 0 Å². The van der Waals surface area contributed by atoms with Gasteiger partial charge in [0.15, 0.2) is 0 Å². The van der Waals surface area contributed by atoms with Gasteiger partial charge in [0.2, 0.25) is 10.0 Å². The van der Waals surface area contributed by atoms with Crippen LogP contribution in [0, 0.1) is 30.1 Å². The zero-order valence-electron chi connectivity index (χ0n) is 17.9. The number of hydrogen-bond acceptors (Lipinski definition) is 3. The van der Waals surface area contributed by atoms with Gasteiger partial charge in [-0.05, 0) is 86.3 Å². The molecule has 5 nitrogen and oxygen atoms in total. The van der Waals surface area contributed by atoms with Gasteiger partial charge < -0.3 is 5.32 Å². The van der Waals surface area contributed by atoms with Crippen LogP contribution in [0.1, 0.15) is 68.3 Å². The molecule has 1 aromatic rings. The molecule has 0 aliphatic heterocycles. The quantitative estimate of drug-likeness (QED) is 0.728. The molecular weight excluding hydrogens is 384 g/mol. The molecule has 0 unspecified atom stereocenters. The average Bonchev–Trinajstić information content (AvgIpc) is 2.66. The Hall–Kier alpha value is -1.40. The van der Waals surface area contributed by atoms with Crippen LogP contribution in [0.25, 0.3) is 0 Å². The summed E-state index contributed by atoms with van der Waals surface area (Å²) in [4.78, 5) is 13.2. The molecule has 4 aliphatic rings. The van der Waals surface area contributed by atoms with Gasteiger partial charge in [-0.25, -0.2) is 8.42 Å². The number of hydrogen-bond donors (Lipinski definition) is 1. The largest absolute Gasteiger partial charge is 0.351 e. The molecule has 4 bridgehead atoms. The van der Waals surface area contributed by atoms with Crippen LogP contribution in [0.15, 0.2) is 23.1 Å². The minimum atomic E-state index is -3.57. The van der Waals surface area contributed by atoms with Gasteiger partial charge in [0.1, 0.15) is 0 Å². The fourth-order valence-corrected chi connectivity index (χ4v) is 8.07. The van der Waals surface area contributed by atoms with E-state index in [0.29, 0.717) is 18.7 Å². The molecule has 6 heteroatoms. The Labute approximate surface area is 175 Å². The second-order valence-electron chi connectivity index (χ2n) is 9.67. The van der Waals surface area contributed by atoms with E-state index in [2.05, 4.69) is 5.32 Å². The third-order valence-electron chi connectivity index (χ3n) is 7.59. The molecule has 0 heterocycles. The second kappa shape index (κ2) is 7.69. The molecule has 0 aromatic heterocycles. The topological polar surface area (TPSA) is 66.5 Å². The molecule has 0 spiro atoms. The molecule has 1 N–H and O–H groups in total. The van der Waals surface area contributed by atoms with Crippen molar-refractivity contribution in [2.45, 2.75) is 64.2 Å². The van der Waals surface area contributed by atoms with E-state index in [9.17, 15) is 13.2 Å². The van der Waals surface area contributed by atoms with Crippen molar-refractivity contribution in [3.8, 4) is 0 Å². The van der Waals surface area contributed by atoms with Crippen molar-refractivity contribution in [1.82, 2.24) is 9.62 Å². The van der Waals surface area contributed by atoms with E-state index in [1.54, 1.807) is 18.2 Å². The van der Waals surface area contributed by atoms with Crippen molar-refractivity contribution < 1.29 is 13.2 Å². The van der Waals surface area contributed by atoms with Crippen molar-refractivity contribution in [3.63, 3.8) is 0 Å². The maximum atomic E-state index is 13.0. The number of amides is 1. The van der Waals surface area contributed by atoms with Gasteiger partial charge in [0.05, 0.1) is 4.90 Å². The molecule has 1 aromatic carbocycles. The lowest BCUT2D eigenvalue weighted by Gasteiger charge is -2.56. The Morgan fingerprint density at radius 2 is 1.62 bits per heavy atom. The standard InChI is InChI=1S/C23H34N2O3S/c1-4-25(5-2)29(27,28)20-7-6-16(3)21(11-20)22(26)24-15-23-12-17-8-18(13-23)10-19(9-17)14-23/h6-7,11,17-19H,4-5,8-10,12-15H2,1-3H3,(H,24,26). The first-order valence-electron chi connectivity index (χ1n) is 11.2. The molecular formula is C23H34N2O3S. The molecule has 4 saturated carbocycles. The molecule has 0 atom stereocenters. The van der Waals surface area contributed by atoms with Crippen LogP contribution in [0.4, 0.5) is 0 Å². The molecule has 29 heavy (non-hydrogen) atoms. The summed E-state index contributed by atoms with van der Waals surface area (Å²) in [7, 11) is -3.57. The summed E-state index contributed by atoms with van der Waals surface area (Å²) in [6.45, 7) is 7.08. The highest BCUT2D eigenvalue weighted by atomic mass is 32.2. The predicted octanol–water partition coefficient (Wildman–Crippen LogP) is 3.97. The minimum Gasteiger partial charge on any atom is -0.351 e. The molecule has 5 rings (SSSR count). The van der Waals surface area contributed by atoms with Gasteiger partial charge in [-0.15, -0.1) is 0 Å². The summed E-state index contributed by atoms with van der Waals surface area (Å²) < 4.78 is 27.1. The number of carbonyl (C=O) groups excluding carboxylic acids is 1. The molecule has 4 fully saturated rings. The summed E-state index contributed by atoms with van der Waals surface area (Å²) in [6, 6.07) is 4.91. The summed E-state index contributed by atoms with van der Waals surface area (Å²) in [5, 5.41) is 3.19. The van der Waals surface area contributed by atoms with E-state index in [1.165, 1.54) is 42.8 Å². The van der Waals surface area contributed by atoms with Crippen LogP contribution in [0.2, 0.25) is 0 Å². The molecule has 4 aliphatic carbocycles. The van der Waals surface area contributed by atoms with Crippen molar-refractivity contribution in [3.05, 3.63) is 29.3 Å². The smallest absolute Gasteiger partial charge is 0.251 e. The lowest BCUT2D eigenvalue weighted by Crippen LogP contribution is -2.51. The van der Waals surface area contributed by atoms with Crippen LogP contribution in [-0.4, -0.2) is 38.3 Å². The highest BCUT2D eigenvalue weighted by Gasteiger charge is 2.50. The molecule has 0 radical (unpaired) electrons. The molecule has 0 saturated heterocycles. The Morgan fingerprint density at radius 3 is 2.14 bits per heavy atom. The second-order valence-corrected chi connectivity index (χ2v) is 11.6. The monoisotopic (exact) mass is 418 g/mol.